The lowest BCUT2D eigenvalue weighted by Crippen LogP contribution is -3.14. The van der Waals surface area contributed by atoms with Gasteiger partial charge in [0, 0.05) is 0 Å². The fourth-order valence-corrected chi connectivity index (χ4v) is 4.60. The van der Waals surface area contributed by atoms with Crippen LogP contribution in [-0.2, 0) is 19.0 Å². The van der Waals surface area contributed by atoms with Gasteiger partial charge in [0.25, 0.3) is 5.91 Å². The number of aromatic nitrogens is 1. The lowest BCUT2D eigenvalue weighted by Gasteiger charge is -2.27. The molecule has 0 atom stereocenters. The number of carbonyl (C=O) groups excluding carboxylic acids is 1. The minimum atomic E-state index is -0.194. The molecule has 1 aromatic heterocycles. The molecule has 1 aromatic carbocycles. The molecule has 1 fully saturated rings. The van der Waals surface area contributed by atoms with Gasteiger partial charge in [-0.1, -0.05) is 17.4 Å². The van der Waals surface area contributed by atoms with Crippen LogP contribution < -0.4 is 9.80 Å². The molecule has 0 radical (unpaired) electrons. The smallest absolute Gasteiger partial charge is 0.298 e. The van der Waals surface area contributed by atoms with Crippen LogP contribution in [0.3, 0.4) is 0 Å². The third-order valence-corrected chi connectivity index (χ3v) is 6.26. The zero-order chi connectivity index (χ0) is 19.5. The Kier molecular flexibility index (Phi) is 5.79. The molecule has 8 heteroatoms. The van der Waals surface area contributed by atoms with Crippen molar-refractivity contribution in [1.29, 1.82) is 0 Å². The highest BCUT2D eigenvalue weighted by Crippen LogP contribution is 2.32. The first kappa shape index (κ1) is 19.2. The maximum Gasteiger partial charge on any atom is 0.298 e. The Morgan fingerprint density at radius 3 is 2.79 bits per heavy atom. The van der Waals surface area contributed by atoms with Crippen molar-refractivity contribution < 1.29 is 23.9 Å². The van der Waals surface area contributed by atoms with E-state index in [1.54, 1.807) is 16.2 Å². The van der Waals surface area contributed by atoms with E-state index < -0.39 is 0 Å². The summed E-state index contributed by atoms with van der Waals surface area (Å²) in [7, 11) is 0. The molecule has 3 heterocycles. The highest BCUT2D eigenvalue weighted by Gasteiger charge is 2.28. The van der Waals surface area contributed by atoms with Crippen LogP contribution in [0.25, 0.3) is 10.2 Å². The lowest BCUT2D eigenvalue weighted by molar-refractivity contribution is -0.906. The van der Waals surface area contributed by atoms with Gasteiger partial charge in [0.2, 0.25) is 5.76 Å². The highest BCUT2D eigenvalue weighted by atomic mass is 32.1. The lowest BCUT2D eigenvalue weighted by atomic mass is 10.1. The molecule has 2 aliphatic heterocycles. The predicted octanol–water partition coefficient (Wildman–Crippen LogP) is 1.05. The van der Waals surface area contributed by atoms with Crippen molar-refractivity contribution in [2.45, 2.75) is 13.8 Å². The average Bonchev–Trinajstić information content (AvgIpc) is 3.13. The molecule has 2 aliphatic rings. The Morgan fingerprint density at radius 2 is 2.04 bits per heavy atom. The first-order valence-corrected chi connectivity index (χ1v) is 10.5. The zero-order valence-electron chi connectivity index (χ0n) is 16.3. The van der Waals surface area contributed by atoms with Crippen molar-refractivity contribution >= 4 is 32.6 Å². The highest BCUT2D eigenvalue weighted by molar-refractivity contribution is 7.22. The van der Waals surface area contributed by atoms with Crippen LogP contribution in [0.4, 0.5) is 5.13 Å². The van der Waals surface area contributed by atoms with E-state index in [1.165, 1.54) is 22.3 Å². The molecular weight excluding hydrogens is 378 g/mol. The molecule has 0 aliphatic carbocycles. The summed E-state index contributed by atoms with van der Waals surface area (Å²) in [5.41, 5.74) is 3.29. The number of nitrogens with one attached hydrogen (secondary N) is 1. The topological polar surface area (TPSA) is 65.3 Å². The number of benzene rings is 1. The monoisotopic (exact) mass is 404 g/mol. The molecule has 150 valence electrons. The molecule has 2 aromatic rings. The molecule has 1 N–H and O–H groups in total. The third-order valence-electron chi connectivity index (χ3n) is 5.03. The second kappa shape index (κ2) is 8.46. The summed E-state index contributed by atoms with van der Waals surface area (Å²) >= 11 is 1.56. The van der Waals surface area contributed by atoms with Gasteiger partial charge in [0.1, 0.15) is 32.6 Å². The summed E-state index contributed by atoms with van der Waals surface area (Å²) < 4.78 is 17.4. The number of anilines is 1. The summed E-state index contributed by atoms with van der Waals surface area (Å²) in [6.45, 7) is 9.88. The summed E-state index contributed by atoms with van der Waals surface area (Å²) in [5, 5.41) is 0.705. The molecule has 7 nitrogen and oxygen atoms in total. The number of morpholine rings is 1. The van der Waals surface area contributed by atoms with Crippen molar-refractivity contribution in [3.05, 3.63) is 35.3 Å². The number of quaternary nitrogens is 1. The second-order valence-corrected chi connectivity index (χ2v) is 8.17. The van der Waals surface area contributed by atoms with Crippen LogP contribution in [0.5, 0.6) is 0 Å². The van der Waals surface area contributed by atoms with Crippen molar-refractivity contribution in [3.8, 4) is 0 Å². The van der Waals surface area contributed by atoms with E-state index >= 15 is 0 Å². The van der Waals surface area contributed by atoms with E-state index in [1.807, 2.05) is 0 Å². The normalized spacial score (nSPS) is 17.7. The Hall–Kier alpha value is -2.16. The Balaban J connectivity index is 1.62. The minimum Gasteiger partial charge on any atom is -0.494 e. The zero-order valence-corrected chi connectivity index (χ0v) is 17.1. The Bertz CT molecular complexity index is 889. The van der Waals surface area contributed by atoms with E-state index in [-0.39, 0.29) is 11.7 Å². The number of fused-ring (bicyclic) bond motifs is 1. The number of hydrogen-bond acceptors (Lipinski definition) is 6. The summed E-state index contributed by atoms with van der Waals surface area (Å²) in [6, 6.07) is 4.21. The molecule has 4 rings (SSSR count). The van der Waals surface area contributed by atoms with E-state index in [4.69, 9.17) is 19.2 Å². The Morgan fingerprint density at radius 1 is 1.21 bits per heavy atom. The Labute approximate surface area is 168 Å². The number of thiazole rings is 1. The van der Waals surface area contributed by atoms with Gasteiger partial charge in [0.05, 0.1) is 36.5 Å². The fourth-order valence-electron chi connectivity index (χ4n) is 3.56. The van der Waals surface area contributed by atoms with Gasteiger partial charge < -0.3 is 19.1 Å². The maximum atomic E-state index is 13.2. The van der Waals surface area contributed by atoms with Crippen LogP contribution in [-0.4, -0.2) is 63.5 Å². The quantitative estimate of drug-likeness (QED) is 0.807. The number of amides is 1. The SMILES string of the molecule is Cc1cc(C)c2sc(N(CC[NH+]3CCOCC3)C(=O)C3=COCCO3)nc2c1. The van der Waals surface area contributed by atoms with Gasteiger partial charge in [-0.2, -0.15) is 0 Å². The van der Waals surface area contributed by atoms with Crippen LogP contribution in [0, 0.1) is 13.8 Å². The van der Waals surface area contributed by atoms with E-state index in [9.17, 15) is 4.79 Å². The molecule has 0 spiro atoms. The predicted molar refractivity (Wildman–Crippen MR) is 108 cm³/mol. The number of hydrogen-bond donors (Lipinski definition) is 1. The molecule has 0 bridgehead atoms. The fraction of sp³-hybridized carbons (Fsp3) is 0.500. The van der Waals surface area contributed by atoms with E-state index in [2.05, 4.69) is 26.0 Å². The molecular formula is C20H26N3O4S+. The van der Waals surface area contributed by atoms with Gasteiger partial charge in [-0.3, -0.25) is 9.69 Å². The third kappa shape index (κ3) is 4.14. The van der Waals surface area contributed by atoms with Gasteiger partial charge in [-0.05, 0) is 31.0 Å². The van der Waals surface area contributed by atoms with Crippen molar-refractivity contribution in [1.82, 2.24) is 4.98 Å². The van der Waals surface area contributed by atoms with Gasteiger partial charge in [-0.25, -0.2) is 4.98 Å². The first-order chi connectivity index (χ1) is 13.6. The van der Waals surface area contributed by atoms with Crippen LogP contribution in [0.15, 0.2) is 24.2 Å². The van der Waals surface area contributed by atoms with Crippen molar-refractivity contribution in [2.24, 2.45) is 0 Å². The number of aryl methyl sites for hydroxylation is 2. The van der Waals surface area contributed by atoms with Crippen LogP contribution in [0.2, 0.25) is 0 Å². The number of carbonyl (C=O) groups is 1. The first-order valence-electron chi connectivity index (χ1n) is 9.67. The summed E-state index contributed by atoms with van der Waals surface area (Å²) in [6.07, 6.45) is 1.42. The molecule has 28 heavy (non-hydrogen) atoms. The summed E-state index contributed by atoms with van der Waals surface area (Å²) in [5.74, 6) is 0.0520. The molecule has 1 saturated heterocycles. The van der Waals surface area contributed by atoms with Crippen LogP contribution in [0.1, 0.15) is 11.1 Å². The molecule has 1 amide bonds. The van der Waals surface area contributed by atoms with Gasteiger partial charge in [0.15, 0.2) is 5.13 Å². The number of nitrogens with zero attached hydrogens (tertiary/aromatic N) is 2. The number of rotatable bonds is 5. The van der Waals surface area contributed by atoms with Crippen LogP contribution >= 0.6 is 11.3 Å². The number of ether oxygens (including phenoxy) is 3. The average molecular weight is 405 g/mol. The second-order valence-electron chi connectivity index (χ2n) is 7.20. The van der Waals surface area contributed by atoms with Crippen molar-refractivity contribution in [2.75, 3.05) is 57.5 Å². The minimum absolute atomic E-state index is 0.194. The van der Waals surface area contributed by atoms with Crippen molar-refractivity contribution in [3.63, 3.8) is 0 Å². The maximum absolute atomic E-state index is 13.2. The largest absolute Gasteiger partial charge is 0.494 e. The van der Waals surface area contributed by atoms with Gasteiger partial charge >= 0.3 is 0 Å². The summed E-state index contributed by atoms with van der Waals surface area (Å²) in [4.78, 5) is 21.1. The van der Waals surface area contributed by atoms with E-state index in [0.29, 0.717) is 24.9 Å². The molecule has 0 unspecified atom stereocenters. The van der Waals surface area contributed by atoms with E-state index in [0.717, 1.165) is 43.1 Å². The molecule has 0 saturated carbocycles. The van der Waals surface area contributed by atoms with Gasteiger partial charge in [-0.15, -0.1) is 0 Å². The standard InChI is InChI=1S/C20H25N3O4S/c1-14-11-15(2)18-16(12-14)21-20(28-18)23(4-3-22-5-7-25-8-6-22)19(24)17-13-26-9-10-27-17/h11-13H,3-10H2,1-2H3/p+1.